The van der Waals surface area contributed by atoms with E-state index in [1.54, 1.807) is 29.0 Å². The number of nitrogens with one attached hydrogen (secondary N) is 2. The Bertz CT molecular complexity index is 1780. The Balaban J connectivity index is 0.994. The number of aromatic nitrogens is 4. The lowest BCUT2D eigenvalue weighted by Crippen LogP contribution is -2.38. The number of nitrogens with zero attached hydrogens (tertiary/aromatic N) is 6. The van der Waals surface area contributed by atoms with E-state index in [-0.39, 0.29) is 11.9 Å². The molecule has 12 nitrogen and oxygen atoms in total. The third-order valence-corrected chi connectivity index (χ3v) is 9.80. The zero-order valence-electron chi connectivity index (χ0n) is 23.5. The van der Waals surface area contributed by atoms with Crippen molar-refractivity contribution >= 4 is 38.5 Å². The van der Waals surface area contributed by atoms with E-state index < -0.39 is 10.0 Å². The number of H-pyrrole nitrogens is 1. The Labute approximate surface area is 249 Å². The van der Waals surface area contributed by atoms with Crippen molar-refractivity contribution in [2.75, 3.05) is 56.2 Å². The van der Waals surface area contributed by atoms with E-state index >= 15 is 0 Å². The summed E-state index contributed by atoms with van der Waals surface area (Å²) in [5, 5.41) is 5.19. The smallest absolute Gasteiger partial charge is 0.274 e. The maximum Gasteiger partial charge on any atom is 0.274 e. The van der Waals surface area contributed by atoms with Crippen molar-refractivity contribution < 1.29 is 17.9 Å². The van der Waals surface area contributed by atoms with E-state index in [0.29, 0.717) is 44.2 Å². The molecule has 2 fully saturated rings. The van der Waals surface area contributed by atoms with Crippen molar-refractivity contribution in [2.45, 2.75) is 19.0 Å². The van der Waals surface area contributed by atoms with Crippen molar-refractivity contribution in [3.63, 3.8) is 0 Å². The number of morpholine rings is 1. The van der Waals surface area contributed by atoms with Gasteiger partial charge in [-0.25, -0.2) is 18.4 Å². The lowest BCUT2D eigenvalue weighted by Gasteiger charge is -2.27. The molecule has 0 radical (unpaired) electrons. The number of hydrogen-bond donors (Lipinski definition) is 2. The van der Waals surface area contributed by atoms with Gasteiger partial charge in [-0.05, 0) is 47.9 Å². The van der Waals surface area contributed by atoms with Gasteiger partial charge in [0.15, 0.2) is 0 Å². The summed E-state index contributed by atoms with van der Waals surface area (Å²) in [6.45, 7) is 5.46. The topological polar surface area (TPSA) is 137 Å². The van der Waals surface area contributed by atoms with Crippen LogP contribution in [0, 0.1) is 0 Å². The Morgan fingerprint density at radius 2 is 1.88 bits per heavy atom. The van der Waals surface area contributed by atoms with Crippen LogP contribution in [0.3, 0.4) is 0 Å². The Hall–Kier alpha value is -4.17. The minimum Gasteiger partial charge on any atom is -0.378 e. The average molecular weight is 601 g/mol. The summed E-state index contributed by atoms with van der Waals surface area (Å²) in [6.07, 6.45) is 5.70. The maximum atomic E-state index is 13.1. The number of ether oxygens (including phenoxy) is 1. The second-order valence-corrected chi connectivity index (χ2v) is 12.8. The molecule has 2 N–H and O–H groups in total. The highest BCUT2D eigenvalue weighted by Gasteiger charge is 2.35. The zero-order valence-corrected chi connectivity index (χ0v) is 24.3. The first-order chi connectivity index (χ1) is 20.9. The lowest BCUT2D eigenvalue weighted by molar-refractivity contribution is 0.102. The largest absolute Gasteiger partial charge is 0.378 e. The van der Waals surface area contributed by atoms with E-state index in [1.807, 2.05) is 30.3 Å². The third kappa shape index (κ3) is 5.76. The van der Waals surface area contributed by atoms with Crippen LogP contribution in [0.15, 0.2) is 66.5 Å². The third-order valence-electron chi connectivity index (χ3n) is 8.17. The monoisotopic (exact) mass is 600 g/mol. The molecule has 1 aromatic carbocycles. The van der Waals surface area contributed by atoms with Gasteiger partial charge in [0, 0.05) is 68.3 Å². The highest BCUT2D eigenvalue weighted by Crippen LogP contribution is 2.30. The number of carbonyl (C=O) groups excluding carboxylic acids is 1. The highest BCUT2D eigenvalue weighted by molar-refractivity contribution is 7.92. The predicted octanol–water partition coefficient (Wildman–Crippen LogP) is 2.84. The number of amides is 1. The molecule has 0 aliphatic carbocycles. The highest BCUT2D eigenvalue weighted by atomic mass is 32.2. The molecule has 1 atom stereocenters. The fourth-order valence-electron chi connectivity index (χ4n) is 5.99. The number of carbonyl (C=O) groups is 1. The second-order valence-electron chi connectivity index (χ2n) is 11.0. The first kappa shape index (κ1) is 27.7. The average Bonchev–Trinajstić information content (AvgIpc) is 3.76. The zero-order chi connectivity index (χ0) is 29.4. The molecule has 7 rings (SSSR count). The van der Waals surface area contributed by atoms with Crippen LogP contribution < -0.4 is 10.2 Å². The van der Waals surface area contributed by atoms with Gasteiger partial charge in [0.1, 0.15) is 23.5 Å². The summed E-state index contributed by atoms with van der Waals surface area (Å²) in [5.41, 5.74) is 4.60. The number of rotatable bonds is 7. The summed E-state index contributed by atoms with van der Waals surface area (Å²) in [4.78, 5) is 34.1. The normalized spacial score (nSPS) is 20.7. The summed E-state index contributed by atoms with van der Waals surface area (Å²) < 4.78 is 31.5. The van der Waals surface area contributed by atoms with E-state index in [1.165, 1.54) is 5.41 Å². The molecule has 13 heteroatoms. The van der Waals surface area contributed by atoms with Crippen LogP contribution in [0.5, 0.6) is 0 Å². The minimum atomic E-state index is -3.30. The standard InChI is InChI=1S/C30H32N8O4S/c39-30(27-16-21(6-8-31-27)18-36-10-7-24(19-36)38-9-1-15-43(38,40)41)34-23-4-2-22(3-5-23)26-17-25-28(35-26)32-20-33-29(25)37-11-13-42-14-12-37/h1-6,8,15-17,20,24H,7,9-14,18-19H2,(H,34,39)(H,32,33,35). The van der Waals surface area contributed by atoms with Gasteiger partial charge in [0.05, 0.1) is 18.6 Å². The van der Waals surface area contributed by atoms with Crippen LogP contribution in [-0.2, 0) is 21.3 Å². The van der Waals surface area contributed by atoms with Gasteiger partial charge < -0.3 is 19.9 Å². The van der Waals surface area contributed by atoms with Crippen molar-refractivity contribution in [3.8, 4) is 11.3 Å². The molecule has 3 aliphatic heterocycles. The fourth-order valence-corrected chi connectivity index (χ4v) is 7.36. The van der Waals surface area contributed by atoms with Crippen LogP contribution in [0.1, 0.15) is 22.5 Å². The van der Waals surface area contributed by atoms with Crippen molar-refractivity contribution in [3.05, 3.63) is 77.7 Å². The van der Waals surface area contributed by atoms with Gasteiger partial charge in [0.2, 0.25) is 10.0 Å². The van der Waals surface area contributed by atoms with Gasteiger partial charge in [0.25, 0.3) is 5.91 Å². The van der Waals surface area contributed by atoms with Crippen molar-refractivity contribution in [1.82, 2.24) is 29.1 Å². The SMILES string of the molecule is O=C(Nc1ccc(-c2cc3c(N4CCOCC4)ncnc3[nH]2)cc1)c1cc(CN2CCC(N3CC=CS3(=O)=O)C2)ccn1. The van der Waals surface area contributed by atoms with Crippen LogP contribution in [0.25, 0.3) is 22.3 Å². The van der Waals surface area contributed by atoms with Crippen LogP contribution in [0.4, 0.5) is 11.5 Å². The minimum absolute atomic E-state index is 0.0308. The molecule has 43 heavy (non-hydrogen) atoms. The van der Waals surface area contributed by atoms with Crippen molar-refractivity contribution in [2.24, 2.45) is 0 Å². The summed E-state index contributed by atoms with van der Waals surface area (Å²) in [5.74, 6) is 0.606. The molecular weight excluding hydrogens is 568 g/mol. The molecule has 3 aromatic heterocycles. The Kier molecular flexibility index (Phi) is 7.39. The molecule has 222 valence electrons. The lowest BCUT2D eigenvalue weighted by atomic mass is 10.1. The van der Waals surface area contributed by atoms with E-state index in [4.69, 9.17) is 4.74 Å². The summed E-state index contributed by atoms with van der Waals surface area (Å²) in [7, 11) is -3.30. The number of anilines is 2. The molecule has 1 amide bonds. The molecule has 0 saturated carbocycles. The van der Waals surface area contributed by atoms with Crippen LogP contribution in [-0.4, -0.2) is 95.4 Å². The number of fused-ring (bicyclic) bond motifs is 1. The first-order valence-electron chi connectivity index (χ1n) is 14.4. The Morgan fingerprint density at radius 3 is 2.67 bits per heavy atom. The first-order valence-corrected chi connectivity index (χ1v) is 15.9. The molecule has 0 spiro atoms. The van der Waals surface area contributed by atoms with Crippen molar-refractivity contribution in [1.29, 1.82) is 0 Å². The molecule has 2 saturated heterocycles. The summed E-state index contributed by atoms with van der Waals surface area (Å²) in [6, 6.07) is 13.3. The van der Waals surface area contributed by atoms with E-state index in [9.17, 15) is 13.2 Å². The number of benzene rings is 1. The van der Waals surface area contributed by atoms with Gasteiger partial charge in [-0.3, -0.25) is 14.7 Å². The number of pyridine rings is 1. The van der Waals surface area contributed by atoms with Gasteiger partial charge in [-0.2, -0.15) is 4.31 Å². The van der Waals surface area contributed by atoms with Gasteiger partial charge in [-0.1, -0.05) is 18.2 Å². The Morgan fingerprint density at radius 1 is 1.05 bits per heavy atom. The van der Waals surface area contributed by atoms with E-state index in [2.05, 4.69) is 41.1 Å². The molecule has 1 unspecified atom stereocenters. The quantitative estimate of drug-likeness (QED) is 0.328. The number of aromatic amines is 1. The van der Waals surface area contributed by atoms with Crippen LogP contribution in [0.2, 0.25) is 0 Å². The van der Waals surface area contributed by atoms with Gasteiger partial charge >= 0.3 is 0 Å². The number of hydrogen-bond acceptors (Lipinski definition) is 9. The van der Waals surface area contributed by atoms with E-state index in [0.717, 1.165) is 59.7 Å². The molecule has 4 aromatic rings. The van der Waals surface area contributed by atoms with Crippen LogP contribution >= 0.6 is 0 Å². The summed E-state index contributed by atoms with van der Waals surface area (Å²) >= 11 is 0. The molecular formula is C30H32N8O4S. The van der Waals surface area contributed by atoms with Gasteiger partial charge in [-0.15, -0.1) is 0 Å². The second kappa shape index (κ2) is 11.5. The number of sulfonamides is 1. The molecule has 3 aliphatic rings. The predicted molar refractivity (Wildman–Crippen MR) is 163 cm³/mol. The molecule has 6 heterocycles. The fraction of sp³-hybridized carbons (Fsp3) is 0.333. The number of likely N-dealkylation sites (tertiary alicyclic amines) is 1. The molecule has 0 bridgehead atoms. The maximum absolute atomic E-state index is 13.1.